The number of anilines is 1. The van der Waals surface area contributed by atoms with Crippen LogP contribution in [-0.2, 0) is 11.3 Å². The van der Waals surface area contributed by atoms with Crippen molar-refractivity contribution in [2.24, 2.45) is 5.73 Å². The maximum atomic E-state index is 6.03. The fraction of sp³-hybridized carbons (Fsp3) is 0.333. The zero-order valence-corrected chi connectivity index (χ0v) is 13.0. The van der Waals surface area contributed by atoms with E-state index in [1.165, 1.54) is 22.4 Å². The molecule has 0 saturated heterocycles. The zero-order valence-electron chi connectivity index (χ0n) is 13.0. The van der Waals surface area contributed by atoms with Gasteiger partial charge in [-0.3, -0.25) is 0 Å². The number of methoxy groups -OCH3 is 1. The average Bonchev–Trinajstić information content (AvgIpc) is 2.49. The molecule has 0 fully saturated rings. The normalized spacial score (nSPS) is 12.2. The first-order chi connectivity index (χ1) is 10.2. The molecule has 3 heteroatoms. The number of aryl methyl sites for hydroxylation is 1. The molecular formula is C18H24N2O. The van der Waals surface area contributed by atoms with Gasteiger partial charge in [0.05, 0.1) is 12.6 Å². The molecule has 0 aliphatic rings. The van der Waals surface area contributed by atoms with E-state index in [0.717, 1.165) is 0 Å². The van der Waals surface area contributed by atoms with Crippen LogP contribution >= 0.6 is 0 Å². The fourth-order valence-electron chi connectivity index (χ4n) is 2.60. The van der Waals surface area contributed by atoms with Gasteiger partial charge in [0.1, 0.15) is 0 Å². The van der Waals surface area contributed by atoms with Gasteiger partial charge in [0.2, 0.25) is 0 Å². The number of ether oxygens (including phenoxy) is 1. The summed E-state index contributed by atoms with van der Waals surface area (Å²) in [4.78, 5) is 2.24. The van der Waals surface area contributed by atoms with Crippen LogP contribution in [0, 0.1) is 6.92 Å². The Morgan fingerprint density at radius 3 is 2.57 bits per heavy atom. The minimum Gasteiger partial charge on any atom is -0.380 e. The molecular weight excluding hydrogens is 260 g/mol. The molecule has 2 aromatic carbocycles. The van der Waals surface area contributed by atoms with Crippen molar-refractivity contribution in [3.63, 3.8) is 0 Å². The number of hydrogen-bond donors (Lipinski definition) is 1. The van der Waals surface area contributed by atoms with Gasteiger partial charge in [-0.2, -0.15) is 0 Å². The van der Waals surface area contributed by atoms with E-state index in [0.29, 0.717) is 13.2 Å². The van der Waals surface area contributed by atoms with Crippen LogP contribution in [0.4, 0.5) is 5.69 Å². The highest BCUT2D eigenvalue weighted by Crippen LogP contribution is 2.26. The third-order valence-electron chi connectivity index (χ3n) is 3.75. The van der Waals surface area contributed by atoms with Gasteiger partial charge in [-0.25, -0.2) is 0 Å². The first-order valence-corrected chi connectivity index (χ1v) is 7.23. The van der Waals surface area contributed by atoms with Gasteiger partial charge in [0.15, 0.2) is 0 Å². The van der Waals surface area contributed by atoms with E-state index in [9.17, 15) is 0 Å². The molecule has 2 N–H and O–H groups in total. The maximum absolute atomic E-state index is 6.03. The van der Waals surface area contributed by atoms with Gasteiger partial charge in [-0.05, 0) is 35.7 Å². The van der Waals surface area contributed by atoms with Crippen LogP contribution in [0.3, 0.4) is 0 Å². The lowest BCUT2D eigenvalue weighted by Crippen LogP contribution is -2.30. The Morgan fingerprint density at radius 1 is 1.14 bits per heavy atom. The van der Waals surface area contributed by atoms with E-state index >= 15 is 0 Å². The molecule has 2 rings (SSSR count). The van der Waals surface area contributed by atoms with Gasteiger partial charge in [0.25, 0.3) is 0 Å². The summed E-state index contributed by atoms with van der Waals surface area (Å²) in [5, 5.41) is 0. The zero-order chi connectivity index (χ0) is 15.2. The van der Waals surface area contributed by atoms with E-state index < -0.39 is 0 Å². The average molecular weight is 284 g/mol. The topological polar surface area (TPSA) is 38.5 Å². The lowest BCUT2D eigenvalue weighted by Gasteiger charge is -2.30. The predicted octanol–water partition coefficient (Wildman–Crippen LogP) is 3.28. The number of nitrogens with zero attached hydrogens (tertiary/aromatic N) is 1. The summed E-state index contributed by atoms with van der Waals surface area (Å²) in [6.45, 7) is 3.30. The van der Waals surface area contributed by atoms with Gasteiger partial charge in [-0.15, -0.1) is 0 Å². The van der Waals surface area contributed by atoms with Crippen LogP contribution in [0.25, 0.3) is 0 Å². The molecule has 0 heterocycles. The molecule has 3 nitrogen and oxygen atoms in total. The van der Waals surface area contributed by atoms with E-state index in [1.807, 2.05) is 0 Å². The van der Waals surface area contributed by atoms with Gasteiger partial charge >= 0.3 is 0 Å². The molecule has 0 radical (unpaired) electrons. The largest absolute Gasteiger partial charge is 0.380 e. The van der Waals surface area contributed by atoms with Crippen molar-refractivity contribution < 1.29 is 4.74 Å². The smallest absolute Gasteiger partial charge is 0.0713 e. The Hall–Kier alpha value is -1.84. The van der Waals surface area contributed by atoms with E-state index in [4.69, 9.17) is 10.5 Å². The second-order valence-electron chi connectivity index (χ2n) is 5.38. The van der Waals surface area contributed by atoms with E-state index in [2.05, 4.69) is 67.4 Å². The van der Waals surface area contributed by atoms with Crippen LogP contribution in [0.15, 0.2) is 48.5 Å². The molecule has 21 heavy (non-hydrogen) atoms. The molecule has 0 aliphatic heterocycles. The highest BCUT2D eigenvalue weighted by molar-refractivity contribution is 5.50. The van der Waals surface area contributed by atoms with Gasteiger partial charge in [-0.1, -0.05) is 36.4 Å². The highest BCUT2D eigenvalue weighted by Gasteiger charge is 2.16. The highest BCUT2D eigenvalue weighted by atomic mass is 16.5. The molecule has 1 unspecified atom stereocenters. The quantitative estimate of drug-likeness (QED) is 0.884. The van der Waals surface area contributed by atoms with Crippen LogP contribution < -0.4 is 10.6 Å². The van der Waals surface area contributed by atoms with Crippen LogP contribution in [-0.4, -0.2) is 20.7 Å². The monoisotopic (exact) mass is 284 g/mol. The molecule has 1 atom stereocenters. The lowest BCUT2D eigenvalue weighted by atomic mass is 10.0. The molecule has 0 spiro atoms. The van der Waals surface area contributed by atoms with Crippen molar-refractivity contribution in [2.45, 2.75) is 19.6 Å². The van der Waals surface area contributed by atoms with Crippen molar-refractivity contribution in [3.05, 3.63) is 65.2 Å². The fourth-order valence-corrected chi connectivity index (χ4v) is 2.60. The van der Waals surface area contributed by atoms with Crippen LogP contribution in [0.1, 0.15) is 22.7 Å². The molecule has 0 aromatic heterocycles. The third-order valence-corrected chi connectivity index (χ3v) is 3.75. The summed E-state index contributed by atoms with van der Waals surface area (Å²) < 4.78 is 5.21. The summed E-state index contributed by atoms with van der Waals surface area (Å²) in [6.07, 6.45) is 0. The van der Waals surface area contributed by atoms with Crippen LogP contribution in [0.5, 0.6) is 0 Å². The summed E-state index contributed by atoms with van der Waals surface area (Å²) in [5.41, 5.74) is 10.9. The Balaban J connectivity index is 2.28. The van der Waals surface area contributed by atoms with Crippen molar-refractivity contribution in [3.8, 4) is 0 Å². The molecule has 112 valence electrons. The third kappa shape index (κ3) is 3.84. The second kappa shape index (κ2) is 7.25. The number of hydrogen-bond acceptors (Lipinski definition) is 3. The SMILES string of the molecule is COCc1cccc(C(CN)N(C)c2cccc(C)c2)c1. The van der Waals surface area contributed by atoms with Crippen LogP contribution in [0.2, 0.25) is 0 Å². The maximum Gasteiger partial charge on any atom is 0.0713 e. The number of rotatable bonds is 6. The molecule has 2 aromatic rings. The Morgan fingerprint density at radius 2 is 1.90 bits per heavy atom. The van der Waals surface area contributed by atoms with Crippen molar-refractivity contribution in [1.29, 1.82) is 0 Å². The first-order valence-electron chi connectivity index (χ1n) is 7.23. The summed E-state index contributed by atoms with van der Waals surface area (Å²) in [5.74, 6) is 0. The lowest BCUT2D eigenvalue weighted by molar-refractivity contribution is 0.185. The molecule has 0 amide bonds. The molecule has 0 saturated carbocycles. The van der Waals surface area contributed by atoms with Gasteiger partial charge < -0.3 is 15.4 Å². The summed E-state index contributed by atoms with van der Waals surface area (Å²) >= 11 is 0. The van der Waals surface area contributed by atoms with Crippen molar-refractivity contribution in [2.75, 3.05) is 25.6 Å². The summed E-state index contributed by atoms with van der Waals surface area (Å²) in [7, 11) is 3.81. The minimum atomic E-state index is 0.156. The Labute approximate surface area is 127 Å². The predicted molar refractivity (Wildman–Crippen MR) is 88.5 cm³/mol. The second-order valence-corrected chi connectivity index (χ2v) is 5.38. The van der Waals surface area contributed by atoms with Crippen molar-refractivity contribution in [1.82, 2.24) is 0 Å². The number of benzene rings is 2. The first kappa shape index (κ1) is 15.5. The number of likely N-dealkylation sites (N-methyl/N-ethyl adjacent to an activating group) is 1. The molecule has 0 aliphatic carbocycles. The van der Waals surface area contributed by atoms with Crippen molar-refractivity contribution >= 4 is 5.69 Å². The van der Waals surface area contributed by atoms with E-state index in [-0.39, 0.29) is 6.04 Å². The van der Waals surface area contributed by atoms with Gasteiger partial charge in [0, 0.05) is 26.4 Å². The number of nitrogens with two attached hydrogens (primary N) is 1. The Bertz CT molecular complexity index is 583. The van der Waals surface area contributed by atoms with E-state index in [1.54, 1.807) is 7.11 Å². The minimum absolute atomic E-state index is 0.156. The summed E-state index contributed by atoms with van der Waals surface area (Å²) in [6, 6.07) is 17.1. The standard InChI is InChI=1S/C18H24N2O/c1-14-6-4-9-17(10-14)20(2)18(12-19)16-8-5-7-15(11-16)13-21-3/h4-11,18H,12-13,19H2,1-3H3. The molecule has 0 bridgehead atoms. The Kier molecular flexibility index (Phi) is 5.37.